The number of aryl methyl sites for hydroxylation is 1. The number of aromatic nitrogens is 1. The Bertz CT molecular complexity index is 1080. The van der Waals surface area contributed by atoms with Gasteiger partial charge in [0.15, 0.2) is 0 Å². The van der Waals surface area contributed by atoms with E-state index >= 15 is 0 Å². The zero-order valence-corrected chi connectivity index (χ0v) is 20.7. The van der Waals surface area contributed by atoms with E-state index in [4.69, 9.17) is 0 Å². The van der Waals surface area contributed by atoms with Crippen molar-refractivity contribution in [3.05, 3.63) is 51.0 Å². The topological polar surface area (TPSA) is 65.5 Å². The molecule has 2 fully saturated rings. The molecule has 0 bridgehead atoms. The van der Waals surface area contributed by atoms with E-state index in [1.807, 2.05) is 12.3 Å². The van der Waals surface area contributed by atoms with E-state index in [0.29, 0.717) is 37.4 Å². The minimum absolute atomic E-state index is 0.0644. The number of aliphatic hydroxyl groups is 1. The second kappa shape index (κ2) is 9.48. The first-order chi connectivity index (χ1) is 16.6. The average Bonchev–Trinajstić information content (AvgIpc) is 3.48. The smallest absolute Gasteiger partial charge is 0.383 e. The fourth-order valence-corrected chi connectivity index (χ4v) is 6.87. The van der Waals surface area contributed by atoms with Crippen molar-refractivity contribution in [2.75, 3.05) is 6.54 Å². The minimum atomic E-state index is -4.38. The average molecular weight is 508 g/mol. The molecule has 2 aromatic rings. The number of amides is 1. The summed E-state index contributed by atoms with van der Waals surface area (Å²) in [6.07, 6.45) is 1.81. The van der Waals surface area contributed by atoms with Crippen molar-refractivity contribution < 1.29 is 23.1 Å². The second-order valence-electron chi connectivity index (χ2n) is 10.5. The summed E-state index contributed by atoms with van der Waals surface area (Å²) in [5.41, 5.74) is 0.968. The van der Waals surface area contributed by atoms with E-state index in [1.165, 1.54) is 17.4 Å². The highest BCUT2D eigenvalue weighted by Gasteiger charge is 2.40. The van der Waals surface area contributed by atoms with Gasteiger partial charge in [-0.2, -0.15) is 13.2 Å². The molecular weight excluding hydrogens is 475 g/mol. The summed E-state index contributed by atoms with van der Waals surface area (Å²) in [4.78, 5) is 19.4. The van der Waals surface area contributed by atoms with Gasteiger partial charge in [0.2, 0.25) is 5.91 Å². The highest BCUT2D eigenvalue weighted by Crippen LogP contribution is 2.39. The van der Waals surface area contributed by atoms with Crippen LogP contribution in [0.1, 0.15) is 72.3 Å². The standard InChI is InChI=1S/C26H32F3N3O2S/c1-16-15-35-24(30-16)25(34)9-6-21(7-10-25)31-22-5-3-18(13-22)23(33)32-11-8-17-2-4-20(26(27,28)29)12-19(17)14-32/h2,4,12,15,18,21-22,31,34H,3,5-11,13-14H2,1H3. The van der Waals surface area contributed by atoms with Crippen molar-refractivity contribution >= 4 is 17.2 Å². The molecule has 5 nitrogen and oxygen atoms in total. The molecule has 2 N–H and O–H groups in total. The fourth-order valence-electron chi connectivity index (χ4n) is 5.91. The van der Waals surface area contributed by atoms with Gasteiger partial charge in [0.05, 0.1) is 5.56 Å². The molecule has 0 radical (unpaired) electrons. The number of nitrogens with zero attached hydrogens (tertiary/aromatic N) is 2. The summed E-state index contributed by atoms with van der Waals surface area (Å²) >= 11 is 1.52. The van der Waals surface area contributed by atoms with Gasteiger partial charge in [0.1, 0.15) is 10.6 Å². The van der Waals surface area contributed by atoms with Crippen molar-refractivity contribution in [1.82, 2.24) is 15.2 Å². The number of halogens is 3. The van der Waals surface area contributed by atoms with E-state index in [1.54, 1.807) is 11.0 Å². The molecule has 5 rings (SSSR count). The molecule has 2 atom stereocenters. The van der Waals surface area contributed by atoms with Crippen molar-refractivity contribution in [2.24, 2.45) is 5.92 Å². The van der Waals surface area contributed by atoms with Crippen LogP contribution in [0.2, 0.25) is 0 Å². The van der Waals surface area contributed by atoms with Crippen LogP contribution in [-0.2, 0) is 29.5 Å². The molecule has 35 heavy (non-hydrogen) atoms. The van der Waals surface area contributed by atoms with Gasteiger partial charge in [0.25, 0.3) is 0 Å². The Balaban J connectivity index is 1.13. The third-order valence-corrected chi connectivity index (χ3v) is 9.09. The first-order valence-corrected chi connectivity index (χ1v) is 13.4. The normalized spacial score (nSPS) is 29.3. The number of hydrogen-bond donors (Lipinski definition) is 2. The van der Waals surface area contributed by atoms with Crippen LogP contribution in [0.15, 0.2) is 23.6 Å². The molecule has 0 spiro atoms. The number of benzene rings is 1. The first-order valence-electron chi connectivity index (χ1n) is 12.5. The molecule has 0 saturated heterocycles. The van der Waals surface area contributed by atoms with Crippen molar-refractivity contribution in [3.8, 4) is 0 Å². The number of carbonyl (C=O) groups excluding carboxylic acids is 1. The number of alkyl halides is 3. The third kappa shape index (κ3) is 5.27. The van der Waals surface area contributed by atoms with Gasteiger partial charge >= 0.3 is 6.18 Å². The molecule has 9 heteroatoms. The summed E-state index contributed by atoms with van der Waals surface area (Å²) in [5, 5.41) is 17.5. The molecule has 2 heterocycles. The van der Waals surface area contributed by atoms with Crippen LogP contribution in [0, 0.1) is 12.8 Å². The van der Waals surface area contributed by atoms with Gasteiger partial charge < -0.3 is 15.3 Å². The second-order valence-corrected chi connectivity index (χ2v) is 11.3. The number of nitrogens with one attached hydrogen (secondary N) is 1. The van der Waals surface area contributed by atoms with E-state index in [-0.39, 0.29) is 24.4 Å². The van der Waals surface area contributed by atoms with Gasteiger partial charge in [-0.1, -0.05) is 6.07 Å². The van der Waals surface area contributed by atoms with Crippen LogP contribution in [0.5, 0.6) is 0 Å². The molecule has 2 aliphatic carbocycles. The summed E-state index contributed by atoms with van der Waals surface area (Å²) in [7, 11) is 0. The van der Waals surface area contributed by atoms with Crippen LogP contribution in [0.25, 0.3) is 0 Å². The summed E-state index contributed by atoms with van der Waals surface area (Å²) < 4.78 is 39.4. The van der Waals surface area contributed by atoms with Crippen LogP contribution in [0.4, 0.5) is 13.2 Å². The SMILES string of the molecule is Cc1csc(C2(O)CCC(NC3CCC(C(=O)N4CCc5ccc(C(F)(F)F)cc5C4)C3)CC2)n1. The number of carbonyl (C=O) groups is 1. The molecule has 1 aliphatic heterocycles. The Morgan fingerprint density at radius 1 is 1.17 bits per heavy atom. The quantitative estimate of drug-likeness (QED) is 0.615. The number of rotatable bonds is 4. The van der Waals surface area contributed by atoms with Crippen LogP contribution in [0.3, 0.4) is 0 Å². The minimum Gasteiger partial charge on any atom is -0.383 e. The lowest BCUT2D eigenvalue weighted by Gasteiger charge is -2.36. The predicted octanol–water partition coefficient (Wildman–Crippen LogP) is 4.94. The lowest BCUT2D eigenvalue weighted by Crippen LogP contribution is -2.44. The Morgan fingerprint density at radius 3 is 2.63 bits per heavy atom. The van der Waals surface area contributed by atoms with Gasteiger partial charge in [0, 0.05) is 42.2 Å². The maximum atomic E-state index is 13.2. The Labute approximate surface area is 207 Å². The van der Waals surface area contributed by atoms with Gasteiger partial charge in [-0.25, -0.2) is 4.98 Å². The zero-order chi connectivity index (χ0) is 24.8. The Hall–Kier alpha value is -1.97. The molecule has 2 unspecified atom stereocenters. The lowest BCUT2D eigenvalue weighted by atomic mass is 9.82. The summed E-state index contributed by atoms with van der Waals surface area (Å²) in [6.45, 7) is 2.75. The van der Waals surface area contributed by atoms with Crippen LogP contribution in [-0.4, -0.2) is 39.5 Å². The maximum absolute atomic E-state index is 13.2. The van der Waals surface area contributed by atoms with Crippen LogP contribution < -0.4 is 5.32 Å². The van der Waals surface area contributed by atoms with Crippen molar-refractivity contribution in [2.45, 2.75) is 88.7 Å². The molecule has 3 aliphatic rings. The first kappa shape index (κ1) is 24.7. The molecule has 1 aromatic heterocycles. The van der Waals surface area contributed by atoms with Gasteiger partial charge in [-0.05, 0) is 81.5 Å². The van der Waals surface area contributed by atoms with Crippen molar-refractivity contribution in [1.29, 1.82) is 0 Å². The molecule has 190 valence electrons. The molecule has 1 aromatic carbocycles. The third-order valence-electron chi connectivity index (χ3n) is 7.94. The zero-order valence-electron chi connectivity index (χ0n) is 19.9. The van der Waals surface area contributed by atoms with E-state index < -0.39 is 17.3 Å². The van der Waals surface area contributed by atoms with Crippen LogP contribution >= 0.6 is 11.3 Å². The number of thiazole rings is 1. The highest BCUT2D eigenvalue weighted by molar-refractivity contribution is 7.09. The molecule has 1 amide bonds. The summed E-state index contributed by atoms with van der Waals surface area (Å²) in [5.74, 6) is -0.0202. The highest BCUT2D eigenvalue weighted by atomic mass is 32.1. The lowest BCUT2D eigenvalue weighted by molar-refractivity contribution is -0.137. The van der Waals surface area contributed by atoms with E-state index in [2.05, 4.69) is 10.3 Å². The van der Waals surface area contributed by atoms with E-state index in [9.17, 15) is 23.1 Å². The summed E-state index contributed by atoms with van der Waals surface area (Å²) in [6, 6.07) is 4.46. The van der Waals surface area contributed by atoms with Gasteiger partial charge in [-0.15, -0.1) is 11.3 Å². The predicted molar refractivity (Wildman–Crippen MR) is 128 cm³/mol. The largest absolute Gasteiger partial charge is 0.416 e. The Kier molecular flexibility index (Phi) is 6.70. The molecule has 2 saturated carbocycles. The van der Waals surface area contributed by atoms with Crippen molar-refractivity contribution in [3.63, 3.8) is 0 Å². The number of hydrogen-bond acceptors (Lipinski definition) is 5. The Morgan fingerprint density at radius 2 is 1.94 bits per heavy atom. The van der Waals surface area contributed by atoms with Gasteiger partial charge in [-0.3, -0.25) is 4.79 Å². The maximum Gasteiger partial charge on any atom is 0.416 e. The monoisotopic (exact) mass is 507 g/mol. The molecular formula is C26H32F3N3O2S. The fraction of sp³-hybridized carbons (Fsp3) is 0.615. The van der Waals surface area contributed by atoms with E-state index in [0.717, 1.165) is 54.4 Å². The number of fused-ring (bicyclic) bond motifs is 1.